The third-order valence-electron chi connectivity index (χ3n) is 1.49. The molecule has 0 aliphatic heterocycles. The minimum atomic E-state index is 0. The third-order valence-corrected chi connectivity index (χ3v) is 1.49. The van der Waals surface area contributed by atoms with Gasteiger partial charge in [-0.15, -0.1) is 0 Å². The number of nitrogens with zero attached hydrogens (tertiary/aromatic N) is 1. The van der Waals surface area contributed by atoms with E-state index in [0.717, 1.165) is 11.3 Å². The number of hydrogen-bond donors (Lipinski definition) is 0. The van der Waals surface area contributed by atoms with E-state index in [9.17, 15) is 0 Å². The van der Waals surface area contributed by atoms with Crippen LogP contribution in [-0.4, -0.2) is 13.4 Å². The van der Waals surface area contributed by atoms with Gasteiger partial charge in [-0.25, -0.2) is 4.98 Å². The monoisotopic (exact) mass is 156 g/mol. The van der Waals surface area contributed by atoms with Gasteiger partial charge in [0, 0.05) is 14.0 Å². The standard InChI is InChI=1S/C9H7NO.B/c1-2-4-8(5-3-1)9-6-10-7-11-9;/h1-7H;. The van der Waals surface area contributed by atoms with Gasteiger partial charge in [0.2, 0.25) is 0 Å². The Hall–Kier alpha value is -1.51. The highest BCUT2D eigenvalue weighted by atomic mass is 16.3. The minimum absolute atomic E-state index is 0. The maximum Gasteiger partial charge on any atom is 0.181 e. The van der Waals surface area contributed by atoms with Gasteiger partial charge in [-0.05, 0) is 0 Å². The van der Waals surface area contributed by atoms with Gasteiger partial charge in [-0.1, -0.05) is 30.3 Å². The zero-order valence-corrected chi connectivity index (χ0v) is 6.47. The summed E-state index contributed by atoms with van der Waals surface area (Å²) in [6, 6.07) is 9.89. The van der Waals surface area contributed by atoms with Crippen LogP contribution in [0.2, 0.25) is 0 Å². The summed E-state index contributed by atoms with van der Waals surface area (Å²) in [5, 5.41) is 0. The quantitative estimate of drug-likeness (QED) is 0.589. The molecule has 1 heterocycles. The van der Waals surface area contributed by atoms with Crippen LogP contribution in [0.3, 0.4) is 0 Å². The van der Waals surface area contributed by atoms with Crippen molar-refractivity contribution in [3.05, 3.63) is 42.9 Å². The Kier molecular flexibility index (Phi) is 2.69. The zero-order valence-electron chi connectivity index (χ0n) is 6.47. The molecule has 57 valence electrons. The molecule has 1 aromatic carbocycles. The van der Waals surface area contributed by atoms with Gasteiger partial charge in [0.25, 0.3) is 0 Å². The van der Waals surface area contributed by atoms with Crippen molar-refractivity contribution < 1.29 is 4.42 Å². The molecule has 12 heavy (non-hydrogen) atoms. The molecule has 0 bridgehead atoms. The summed E-state index contributed by atoms with van der Waals surface area (Å²) in [5.74, 6) is 0.811. The van der Waals surface area contributed by atoms with Gasteiger partial charge in [-0.2, -0.15) is 0 Å². The summed E-state index contributed by atoms with van der Waals surface area (Å²) in [5.41, 5.74) is 1.06. The van der Waals surface area contributed by atoms with Crippen LogP contribution in [0.15, 0.2) is 47.3 Å². The summed E-state index contributed by atoms with van der Waals surface area (Å²) >= 11 is 0. The van der Waals surface area contributed by atoms with Crippen molar-refractivity contribution in [3.8, 4) is 11.3 Å². The smallest absolute Gasteiger partial charge is 0.181 e. The van der Waals surface area contributed by atoms with Crippen molar-refractivity contribution in [3.63, 3.8) is 0 Å². The lowest BCUT2D eigenvalue weighted by Crippen LogP contribution is -1.69. The van der Waals surface area contributed by atoms with E-state index in [1.54, 1.807) is 6.20 Å². The summed E-state index contributed by atoms with van der Waals surface area (Å²) in [6.07, 6.45) is 3.14. The van der Waals surface area contributed by atoms with Gasteiger partial charge >= 0.3 is 0 Å². The second-order valence-corrected chi connectivity index (χ2v) is 2.23. The van der Waals surface area contributed by atoms with Gasteiger partial charge in [-0.3, -0.25) is 0 Å². The lowest BCUT2D eigenvalue weighted by atomic mass is 10.2. The predicted octanol–water partition coefficient (Wildman–Crippen LogP) is 1.96. The fourth-order valence-corrected chi connectivity index (χ4v) is 0.961. The van der Waals surface area contributed by atoms with Crippen LogP contribution in [0.25, 0.3) is 11.3 Å². The van der Waals surface area contributed by atoms with E-state index in [-0.39, 0.29) is 8.41 Å². The Balaban J connectivity index is 0.000000720. The highest BCUT2D eigenvalue weighted by Crippen LogP contribution is 2.16. The van der Waals surface area contributed by atoms with E-state index >= 15 is 0 Å². The largest absolute Gasteiger partial charge is 0.444 e. The van der Waals surface area contributed by atoms with Crippen LogP contribution in [-0.2, 0) is 0 Å². The van der Waals surface area contributed by atoms with Crippen LogP contribution < -0.4 is 0 Å². The molecule has 0 spiro atoms. The number of oxazole rings is 1. The van der Waals surface area contributed by atoms with Crippen molar-refractivity contribution in [2.75, 3.05) is 0 Å². The molecule has 0 saturated heterocycles. The third kappa shape index (κ3) is 1.56. The van der Waals surface area contributed by atoms with E-state index < -0.39 is 0 Å². The first kappa shape index (κ1) is 8.59. The van der Waals surface area contributed by atoms with Crippen LogP contribution in [0.5, 0.6) is 0 Å². The topological polar surface area (TPSA) is 26.0 Å². The van der Waals surface area contributed by atoms with Gasteiger partial charge in [0.1, 0.15) is 0 Å². The number of rotatable bonds is 1. The Morgan fingerprint density at radius 2 is 1.83 bits per heavy atom. The molecule has 0 aliphatic rings. The average Bonchev–Trinajstić information content (AvgIpc) is 2.58. The first-order chi connectivity index (χ1) is 5.47. The Bertz CT molecular complexity index is 318. The maximum atomic E-state index is 5.11. The van der Waals surface area contributed by atoms with Crippen molar-refractivity contribution in [1.82, 2.24) is 4.98 Å². The van der Waals surface area contributed by atoms with E-state index in [4.69, 9.17) is 4.42 Å². The lowest BCUT2D eigenvalue weighted by Gasteiger charge is -1.91. The van der Waals surface area contributed by atoms with Gasteiger partial charge < -0.3 is 4.42 Å². The van der Waals surface area contributed by atoms with Gasteiger partial charge in [0.15, 0.2) is 12.2 Å². The molecule has 0 unspecified atom stereocenters. The van der Waals surface area contributed by atoms with Gasteiger partial charge in [0.05, 0.1) is 6.20 Å². The summed E-state index contributed by atoms with van der Waals surface area (Å²) < 4.78 is 5.11. The Morgan fingerprint density at radius 3 is 2.42 bits per heavy atom. The summed E-state index contributed by atoms with van der Waals surface area (Å²) in [6.45, 7) is 0. The van der Waals surface area contributed by atoms with Crippen LogP contribution in [0.4, 0.5) is 0 Å². The van der Waals surface area contributed by atoms with Crippen LogP contribution in [0.1, 0.15) is 0 Å². The second-order valence-electron chi connectivity index (χ2n) is 2.23. The van der Waals surface area contributed by atoms with E-state index in [2.05, 4.69) is 4.98 Å². The molecule has 0 N–H and O–H groups in total. The zero-order chi connectivity index (χ0) is 7.52. The molecule has 0 fully saturated rings. The highest BCUT2D eigenvalue weighted by molar-refractivity contribution is 5.75. The average molecular weight is 156 g/mol. The van der Waals surface area contributed by atoms with Crippen molar-refractivity contribution in [2.24, 2.45) is 0 Å². The van der Waals surface area contributed by atoms with E-state index in [0.29, 0.717) is 0 Å². The van der Waals surface area contributed by atoms with E-state index in [1.165, 1.54) is 6.39 Å². The molecule has 0 saturated carbocycles. The number of hydrogen-bond acceptors (Lipinski definition) is 2. The van der Waals surface area contributed by atoms with Crippen molar-refractivity contribution in [1.29, 1.82) is 0 Å². The molecule has 2 nitrogen and oxygen atoms in total. The fourth-order valence-electron chi connectivity index (χ4n) is 0.961. The molecule has 1 aromatic heterocycles. The summed E-state index contributed by atoms with van der Waals surface area (Å²) in [4.78, 5) is 3.83. The van der Waals surface area contributed by atoms with Crippen LogP contribution in [0, 0.1) is 0 Å². The van der Waals surface area contributed by atoms with E-state index in [1.807, 2.05) is 30.3 Å². The minimum Gasteiger partial charge on any atom is -0.444 e. The highest BCUT2D eigenvalue weighted by Gasteiger charge is 1.97. The molecule has 0 atom stereocenters. The first-order valence-electron chi connectivity index (χ1n) is 3.41. The normalized spacial score (nSPS) is 9.00. The Morgan fingerprint density at radius 1 is 1.08 bits per heavy atom. The molecular formula is C9H7BNO. The first-order valence-corrected chi connectivity index (χ1v) is 3.41. The molecule has 3 heteroatoms. The molecule has 0 aliphatic carbocycles. The SMILES string of the molecule is [B].c1ccc(-c2cnco2)cc1. The second kappa shape index (κ2) is 3.76. The number of aromatic nitrogens is 1. The lowest BCUT2D eigenvalue weighted by molar-refractivity contribution is 0.572. The molecule has 3 radical (unpaired) electrons. The van der Waals surface area contributed by atoms with Crippen LogP contribution >= 0.6 is 0 Å². The molecule has 0 amide bonds. The maximum absolute atomic E-state index is 5.11. The van der Waals surface area contributed by atoms with Crippen molar-refractivity contribution in [2.45, 2.75) is 0 Å². The molecule has 2 aromatic rings. The molecule has 2 rings (SSSR count). The Labute approximate surface area is 72.8 Å². The summed E-state index contributed by atoms with van der Waals surface area (Å²) in [7, 11) is 0. The molecular weight excluding hydrogens is 149 g/mol. The predicted molar refractivity (Wildman–Crippen MR) is 47.7 cm³/mol. The number of benzene rings is 1. The van der Waals surface area contributed by atoms with Crippen molar-refractivity contribution >= 4 is 8.41 Å². The fraction of sp³-hybridized carbons (Fsp3) is 0.